The predicted octanol–water partition coefficient (Wildman–Crippen LogP) is 3.83. The van der Waals surface area contributed by atoms with Crippen molar-refractivity contribution in [3.63, 3.8) is 0 Å². The largest absolute Gasteiger partial charge is 0.494 e. The minimum absolute atomic E-state index is 0.0136. The van der Waals surface area contributed by atoms with Crippen LogP contribution < -0.4 is 10.1 Å². The third-order valence-electron chi connectivity index (χ3n) is 3.13. The van der Waals surface area contributed by atoms with E-state index in [2.05, 4.69) is 5.32 Å². The number of rotatable bonds is 5. The molecular weight excluding hydrogens is 250 g/mol. The fraction of sp³-hybridized carbons (Fsp3) is 0.235. The Labute approximate surface area is 119 Å². The number of hydrogen-bond acceptors (Lipinski definition) is 2. The van der Waals surface area contributed by atoms with Crippen LogP contribution in [0.3, 0.4) is 0 Å². The van der Waals surface area contributed by atoms with Crippen LogP contribution in [-0.4, -0.2) is 12.5 Å². The fourth-order valence-electron chi connectivity index (χ4n) is 1.94. The van der Waals surface area contributed by atoms with Gasteiger partial charge in [-0.15, -0.1) is 0 Å². The van der Waals surface area contributed by atoms with Crippen molar-refractivity contribution >= 4 is 11.6 Å². The Morgan fingerprint density at radius 1 is 1.10 bits per heavy atom. The predicted molar refractivity (Wildman–Crippen MR) is 81.1 cm³/mol. The molecule has 0 radical (unpaired) electrons. The monoisotopic (exact) mass is 269 g/mol. The van der Waals surface area contributed by atoms with E-state index < -0.39 is 0 Å². The van der Waals surface area contributed by atoms with Crippen molar-refractivity contribution in [3.8, 4) is 5.75 Å². The van der Waals surface area contributed by atoms with Gasteiger partial charge in [-0.2, -0.15) is 0 Å². The van der Waals surface area contributed by atoms with Crippen molar-refractivity contribution in [2.75, 3.05) is 11.9 Å². The van der Waals surface area contributed by atoms with Gasteiger partial charge < -0.3 is 10.1 Å². The lowest BCUT2D eigenvalue weighted by Gasteiger charge is -2.13. The molecule has 104 valence electrons. The summed E-state index contributed by atoms with van der Waals surface area (Å²) < 4.78 is 5.37. The number of ether oxygens (including phenoxy) is 1. The summed E-state index contributed by atoms with van der Waals surface area (Å²) in [6, 6.07) is 17.2. The van der Waals surface area contributed by atoms with E-state index in [9.17, 15) is 4.79 Å². The third-order valence-corrected chi connectivity index (χ3v) is 3.13. The molecule has 0 saturated heterocycles. The average molecular weight is 269 g/mol. The van der Waals surface area contributed by atoms with Crippen molar-refractivity contribution in [1.29, 1.82) is 0 Å². The number of nitrogens with one attached hydrogen (secondary N) is 1. The van der Waals surface area contributed by atoms with Gasteiger partial charge in [0.15, 0.2) is 0 Å². The summed E-state index contributed by atoms with van der Waals surface area (Å²) in [6.45, 7) is 4.48. The first-order valence-corrected chi connectivity index (χ1v) is 6.79. The Morgan fingerprint density at radius 2 is 1.75 bits per heavy atom. The van der Waals surface area contributed by atoms with E-state index in [0.717, 1.165) is 17.0 Å². The van der Waals surface area contributed by atoms with E-state index in [4.69, 9.17) is 4.74 Å². The Bertz CT molecular complexity index is 549. The number of amides is 1. The number of carbonyl (C=O) groups is 1. The summed E-state index contributed by atoms with van der Waals surface area (Å²) in [5.74, 6) is 0.615. The Hall–Kier alpha value is -2.29. The normalized spacial score (nSPS) is 11.7. The van der Waals surface area contributed by atoms with E-state index in [1.54, 1.807) is 0 Å². The third kappa shape index (κ3) is 3.60. The van der Waals surface area contributed by atoms with Crippen molar-refractivity contribution < 1.29 is 9.53 Å². The summed E-state index contributed by atoms with van der Waals surface area (Å²) in [5.41, 5.74) is 1.79. The number of carbonyl (C=O) groups excluding carboxylic acids is 1. The van der Waals surface area contributed by atoms with Gasteiger partial charge in [0, 0.05) is 5.69 Å². The molecule has 2 rings (SSSR count). The maximum atomic E-state index is 12.2. The molecule has 0 bridgehead atoms. The molecule has 0 fully saturated rings. The highest BCUT2D eigenvalue weighted by molar-refractivity contribution is 5.95. The molecule has 1 atom stereocenters. The molecule has 0 heterocycles. The first kappa shape index (κ1) is 14.1. The molecule has 2 aromatic carbocycles. The smallest absolute Gasteiger partial charge is 0.231 e. The van der Waals surface area contributed by atoms with Crippen LogP contribution in [0, 0.1) is 0 Å². The molecule has 0 aliphatic heterocycles. The molecular formula is C17H19NO2. The second-order valence-electron chi connectivity index (χ2n) is 4.58. The van der Waals surface area contributed by atoms with Gasteiger partial charge in [0.1, 0.15) is 5.75 Å². The Balaban J connectivity index is 2.00. The first-order chi connectivity index (χ1) is 9.70. The summed E-state index contributed by atoms with van der Waals surface area (Å²) >= 11 is 0. The fourth-order valence-corrected chi connectivity index (χ4v) is 1.94. The lowest BCUT2D eigenvalue weighted by atomic mass is 10.0. The van der Waals surface area contributed by atoms with Gasteiger partial charge in [-0.05, 0) is 43.7 Å². The second kappa shape index (κ2) is 6.75. The summed E-state index contributed by atoms with van der Waals surface area (Å²) in [6.07, 6.45) is 0. The van der Waals surface area contributed by atoms with Crippen molar-refractivity contribution in [2.45, 2.75) is 19.8 Å². The zero-order valence-electron chi connectivity index (χ0n) is 11.8. The molecule has 0 aliphatic rings. The van der Waals surface area contributed by atoms with Gasteiger partial charge >= 0.3 is 0 Å². The quantitative estimate of drug-likeness (QED) is 0.896. The topological polar surface area (TPSA) is 38.3 Å². The highest BCUT2D eigenvalue weighted by Gasteiger charge is 2.14. The van der Waals surface area contributed by atoms with Crippen LogP contribution in [0.1, 0.15) is 25.3 Å². The highest BCUT2D eigenvalue weighted by Crippen LogP contribution is 2.19. The van der Waals surface area contributed by atoms with Crippen LogP contribution in [0.2, 0.25) is 0 Å². The van der Waals surface area contributed by atoms with Crippen molar-refractivity contribution in [3.05, 3.63) is 60.2 Å². The first-order valence-electron chi connectivity index (χ1n) is 6.79. The molecule has 20 heavy (non-hydrogen) atoms. The van der Waals surface area contributed by atoms with Crippen LogP contribution in [0.4, 0.5) is 5.69 Å². The average Bonchev–Trinajstić information content (AvgIpc) is 2.49. The molecule has 1 amide bonds. The van der Waals surface area contributed by atoms with Crippen LogP contribution in [-0.2, 0) is 4.79 Å². The van der Waals surface area contributed by atoms with E-state index >= 15 is 0 Å². The SMILES string of the molecule is CCOc1ccc(NC(=O)C(C)c2ccccc2)cc1. The van der Waals surface area contributed by atoms with Gasteiger partial charge in [-0.25, -0.2) is 0 Å². The Kier molecular flexibility index (Phi) is 4.77. The molecule has 1 N–H and O–H groups in total. The molecule has 0 aliphatic carbocycles. The summed E-state index contributed by atoms with van der Waals surface area (Å²) in [7, 11) is 0. The maximum absolute atomic E-state index is 12.2. The summed E-state index contributed by atoms with van der Waals surface area (Å²) in [5, 5.41) is 2.91. The number of anilines is 1. The molecule has 3 nitrogen and oxygen atoms in total. The maximum Gasteiger partial charge on any atom is 0.231 e. The van der Waals surface area contributed by atoms with Crippen LogP contribution in [0.25, 0.3) is 0 Å². The molecule has 0 saturated carbocycles. The van der Waals surface area contributed by atoms with Crippen molar-refractivity contribution in [2.24, 2.45) is 0 Å². The lowest BCUT2D eigenvalue weighted by Crippen LogP contribution is -2.18. The summed E-state index contributed by atoms with van der Waals surface area (Å²) in [4.78, 5) is 12.2. The lowest BCUT2D eigenvalue weighted by molar-refractivity contribution is -0.117. The molecule has 3 heteroatoms. The molecule has 0 spiro atoms. The van der Waals surface area contributed by atoms with Gasteiger partial charge in [-0.3, -0.25) is 4.79 Å². The van der Waals surface area contributed by atoms with Gasteiger partial charge in [-0.1, -0.05) is 30.3 Å². The van der Waals surface area contributed by atoms with Gasteiger partial charge in [0.2, 0.25) is 5.91 Å². The van der Waals surface area contributed by atoms with Gasteiger partial charge in [0.25, 0.3) is 0 Å². The zero-order chi connectivity index (χ0) is 14.4. The minimum atomic E-state index is -0.178. The molecule has 2 aromatic rings. The minimum Gasteiger partial charge on any atom is -0.494 e. The van der Waals surface area contributed by atoms with Crippen LogP contribution in [0.15, 0.2) is 54.6 Å². The van der Waals surface area contributed by atoms with Crippen LogP contribution >= 0.6 is 0 Å². The highest BCUT2D eigenvalue weighted by atomic mass is 16.5. The van der Waals surface area contributed by atoms with Crippen molar-refractivity contribution in [1.82, 2.24) is 0 Å². The van der Waals surface area contributed by atoms with E-state index in [0.29, 0.717) is 6.61 Å². The Morgan fingerprint density at radius 3 is 2.35 bits per heavy atom. The standard InChI is InChI=1S/C17H19NO2/c1-3-20-16-11-9-15(10-12-16)18-17(19)13(2)14-7-5-4-6-8-14/h4-13H,3H2,1-2H3,(H,18,19). The molecule has 0 aromatic heterocycles. The second-order valence-corrected chi connectivity index (χ2v) is 4.58. The number of benzene rings is 2. The van der Waals surface area contributed by atoms with Gasteiger partial charge in [0.05, 0.1) is 12.5 Å². The number of hydrogen-bond donors (Lipinski definition) is 1. The zero-order valence-corrected chi connectivity index (χ0v) is 11.8. The van der Waals surface area contributed by atoms with E-state index in [-0.39, 0.29) is 11.8 Å². The van der Waals surface area contributed by atoms with E-state index in [1.165, 1.54) is 0 Å². The van der Waals surface area contributed by atoms with E-state index in [1.807, 2.05) is 68.4 Å². The molecule has 1 unspecified atom stereocenters. The van der Waals surface area contributed by atoms with Crippen LogP contribution in [0.5, 0.6) is 5.75 Å².